The van der Waals surface area contributed by atoms with Crippen LogP contribution in [0.25, 0.3) is 0 Å². The molecule has 2 aliphatic heterocycles. The van der Waals surface area contributed by atoms with Crippen LogP contribution in [0, 0.1) is 12.3 Å². The fourth-order valence-electron chi connectivity index (χ4n) is 2.18. The number of nitrogens with one attached hydrogen (secondary N) is 1. The Balaban J connectivity index is 2.02. The summed E-state index contributed by atoms with van der Waals surface area (Å²) in [7, 11) is 0. The molecule has 4 atom stereocenters. The zero-order chi connectivity index (χ0) is 12.2. The molecule has 0 unspecified atom stereocenters. The van der Waals surface area contributed by atoms with Gasteiger partial charge in [0.1, 0.15) is 12.2 Å². The standard InChI is InChI=1S/C10H13N3O4/c1-4-2-13-9-7(6(15)5(3-14)16-9)17-10(13)12-8(4)11/h2,5-7,9,11,14-15H,3H2,1H3/t5-,6-,7-,9-/m1/s1. The van der Waals surface area contributed by atoms with Gasteiger partial charge in [0, 0.05) is 11.8 Å². The lowest BCUT2D eigenvalue weighted by atomic mass is 10.1. The van der Waals surface area contributed by atoms with Gasteiger partial charge in [-0.1, -0.05) is 0 Å². The molecular weight excluding hydrogens is 226 g/mol. The maximum Gasteiger partial charge on any atom is 0.301 e. The van der Waals surface area contributed by atoms with Gasteiger partial charge in [-0.15, -0.1) is 0 Å². The summed E-state index contributed by atoms with van der Waals surface area (Å²) in [5.74, 6) is 0. The summed E-state index contributed by atoms with van der Waals surface area (Å²) in [4.78, 5) is 3.97. The minimum Gasteiger partial charge on any atom is -0.454 e. The Morgan fingerprint density at radius 3 is 3.06 bits per heavy atom. The highest BCUT2D eigenvalue weighted by atomic mass is 16.6. The first-order valence-corrected chi connectivity index (χ1v) is 5.37. The van der Waals surface area contributed by atoms with Crippen molar-refractivity contribution in [1.82, 2.24) is 9.55 Å². The van der Waals surface area contributed by atoms with E-state index in [2.05, 4.69) is 4.98 Å². The molecule has 92 valence electrons. The van der Waals surface area contributed by atoms with Crippen molar-refractivity contribution in [2.24, 2.45) is 0 Å². The summed E-state index contributed by atoms with van der Waals surface area (Å²) in [5.41, 5.74) is 0.841. The van der Waals surface area contributed by atoms with Crippen molar-refractivity contribution in [3.8, 4) is 6.01 Å². The van der Waals surface area contributed by atoms with Crippen LogP contribution in [0.1, 0.15) is 11.8 Å². The quantitative estimate of drug-likeness (QED) is 0.564. The number of aliphatic hydroxyl groups is 2. The van der Waals surface area contributed by atoms with Crippen LogP contribution in [0.5, 0.6) is 6.01 Å². The normalized spacial score (nSPS) is 34.3. The fourth-order valence-corrected chi connectivity index (χ4v) is 2.18. The van der Waals surface area contributed by atoms with E-state index >= 15 is 0 Å². The lowest BCUT2D eigenvalue weighted by molar-refractivity contribution is -0.0435. The second-order valence-corrected chi connectivity index (χ2v) is 4.28. The second kappa shape index (κ2) is 3.52. The van der Waals surface area contributed by atoms with Crippen LogP contribution < -0.4 is 10.2 Å². The monoisotopic (exact) mass is 239 g/mol. The number of fused-ring (bicyclic) bond motifs is 3. The van der Waals surface area contributed by atoms with E-state index < -0.39 is 24.5 Å². The van der Waals surface area contributed by atoms with E-state index in [0.717, 1.165) is 0 Å². The fraction of sp³-hybridized carbons (Fsp3) is 0.600. The Bertz CT molecular complexity index is 515. The molecule has 0 aromatic carbocycles. The third-order valence-electron chi connectivity index (χ3n) is 3.14. The molecule has 7 nitrogen and oxygen atoms in total. The lowest BCUT2D eigenvalue weighted by Gasteiger charge is -2.14. The third kappa shape index (κ3) is 1.40. The Labute approximate surface area is 96.8 Å². The van der Waals surface area contributed by atoms with E-state index in [1.165, 1.54) is 0 Å². The van der Waals surface area contributed by atoms with Crippen LogP contribution in [0.3, 0.4) is 0 Å². The van der Waals surface area contributed by atoms with E-state index in [-0.39, 0.29) is 18.1 Å². The van der Waals surface area contributed by atoms with E-state index in [0.29, 0.717) is 5.56 Å². The Hall–Kier alpha value is -1.44. The van der Waals surface area contributed by atoms with Gasteiger partial charge in [0.15, 0.2) is 17.8 Å². The molecule has 1 fully saturated rings. The van der Waals surface area contributed by atoms with Crippen LogP contribution in [0.4, 0.5) is 0 Å². The van der Waals surface area contributed by atoms with E-state index in [9.17, 15) is 5.11 Å². The average molecular weight is 239 g/mol. The molecule has 0 bridgehead atoms. The first-order chi connectivity index (χ1) is 8.11. The maximum atomic E-state index is 9.87. The van der Waals surface area contributed by atoms with Crippen LogP contribution >= 0.6 is 0 Å². The summed E-state index contributed by atoms with van der Waals surface area (Å²) in [5, 5.41) is 26.5. The number of hydrogen-bond donors (Lipinski definition) is 3. The number of rotatable bonds is 1. The number of aliphatic hydroxyl groups excluding tert-OH is 2. The predicted molar refractivity (Wildman–Crippen MR) is 54.2 cm³/mol. The molecule has 17 heavy (non-hydrogen) atoms. The molecule has 1 aromatic heterocycles. The van der Waals surface area contributed by atoms with Crippen molar-refractivity contribution in [3.05, 3.63) is 17.2 Å². The van der Waals surface area contributed by atoms with Gasteiger partial charge < -0.3 is 19.7 Å². The Morgan fingerprint density at radius 1 is 1.59 bits per heavy atom. The van der Waals surface area contributed by atoms with Crippen molar-refractivity contribution < 1.29 is 19.7 Å². The van der Waals surface area contributed by atoms with Crippen LogP contribution in [0.2, 0.25) is 0 Å². The summed E-state index contributed by atoms with van der Waals surface area (Å²) in [6.45, 7) is 1.52. The number of nitrogens with zero attached hydrogens (tertiary/aromatic N) is 2. The van der Waals surface area contributed by atoms with Crippen molar-refractivity contribution >= 4 is 0 Å². The molecule has 7 heteroatoms. The van der Waals surface area contributed by atoms with Gasteiger partial charge in [0.25, 0.3) is 0 Å². The largest absolute Gasteiger partial charge is 0.454 e. The van der Waals surface area contributed by atoms with Crippen molar-refractivity contribution in [2.75, 3.05) is 6.61 Å². The minimum absolute atomic E-state index is 0.143. The minimum atomic E-state index is -0.888. The lowest BCUT2D eigenvalue weighted by Crippen LogP contribution is -2.34. The first kappa shape index (κ1) is 10.7. The average Bonchev–Trinajstić information content (AvgIpc) is 2.78. The summed E-state index contributed by atoms with van der Waals surface area (Å²) in [6.07, 6.45) is -0.866. The van der Waals surface area contributed by atoms with Crippen LogP contribution in [0.15, 0.2) is 6.20 Å². The van der Waals surface area contributed by atoms with E-state index in [1.54, 1.807) is 17.7 Å². The van der Waals surface area contributed by atoms with Crippen LogP contribution in [-0.4, -0.2) is 44.7 Å². The second-order valence-electron chi connectivity index (χ2n) is 4.28. The number of aromatic nitrogens is 2. The first-order valence-electron chi connectivity index (χ1n) is 5.37. The summed E-state index contributed by atoms with van der Waals surface area (Å²) >= 11 is 0. The highest BCUT2D eigenvalue weighted by molar-refractivity contribution is 5.14. The highest BCUT2D eigenvalue weighted by Gasteiger charge is 2.50. The topological polar surface area (TPSA) is 101 Å². The number of ether oxygens (including phenoxy) is 2. The van der Waals surface area contributed by atoms with Gasteiger partial charge in [-0.25, -0.2) is 0 Å². The van der Waals surface area contributed by atoms with Gasteiger partial charge in [-0.3, -0.25) is 9.98 Å². The molecule has 3 heterocycles. The highest BCUT2D eigenvalue weighted by Crippen LogP contribution is 2.38. The van der Waals surface area contributed by atoms with E-state index in [1.807, 2.05) is 0 Å². The maximum absolute atomic E-state index is 9.87. The molecule has 0 radical (unpaired) electrons. The number of hydrogen-bond acceptors (Lipinski definition) is 6. The number of aryl methyl sites for hydroxylation is 1. The van der Waals surface area contributed by atoms with Crippen molar-refractivity contribution in [3.63, 3.8) is 0 Å². The molecule has 1 saturated heterocycles. The molecule has 0 saturated carbocycles. The smallest absolute Gasteiger partial charge is 0.301 e. The van der Waals surface area contributed by atoms with Gasteiger partial charge in [0.05, 0.1) is 6.61 Å². The van der Waals surface area contributed by atoms with Crippen LogP contribution in [-0.2, 0) is 4.74 Å². The third-order valence-corrected chi connectivity index (χ3v) is 3.14. The zero-order valence-corrected chi connectivity index (χ0v) is 9.20. The summed E-state index contributed by atoms with van der Waals surface area (Å²) < 4.78 is 12.6. The van der Waals surface area contributed by atoms with Gasteiger partial charge in [-0.05, 0) is 6.92 Å². The zero-order valence-electron chi connectivity index (χ0n) is 9.20. The molecule has 0 spiro atoms. The predicted octanol–water partition coefficient (Wildman–Crippen LogP) is -1.32. The Kier molecular flexibility index (Phi) is 2.22. The molecule has 0 amide bonds. The van der Waals surface area contributed by atoms with Gasteiger partial charge in [0.2, 0.25) is 0 Å². The van der Waals surface area contributed by atoms with Gasteiger partial charge in [-0.2, -0.15) is 4.98 Å². The molecular formula is C10H13N3O4. The van der Waals surface area contributed by atoms with Gasteiger partial charge >= 0.3 is 6.01 Å². The Morgan fingerprint density at radius 2 is 2.35 bits per heavy atom. The van der Waals surface area contributed by atoms with Crippen molar-refractivity contribution in [1.29, 1.82) is 5.41 Å². The summed E-state index contributed by atoms with van der Waals surface area (Å²) in [6, 6.07) is 0.269. The molecule has 0 aliphatic carbocycles. The van der Waals surface area contributed by atoms with E-state index in [4.69, 9.17) is 20.0 Å². The molecule has 1 aromatic rings. The molecule has 2 aliphatic rings. The molecule has 3 rings (SSSR count). The SMILES string of the molecule is Cc1cn2c(nc1=N)O[C@@H]1[C@H](O)[C@@H](CO)O[C@H]12. The molecule has 3 N–H and O–H groups in total. The van der Waals surface area contributed by atoms with Crippen molar-refractivity contribution in [2.45, 2.75) is 31.5 Å².